The molecule has 1 aliphatic heterocycles. The third kappa shape index (κ3) is 4.09. The molecule has 2 N–H and O–H groups in total. The maximum Gasteiger partial charge on any atom is 0.325 e. The summed E-state index contributed by atoms with van der Waals surface area (Å²) < 4.78 is 0. The first-order valence-corrected chi connectivity index (χ1v) is 11.8. The van der Waals surface area contributed by atoms with Crippen LogP contribution in [0.15, 0.2) is 18.2 Å². The summed E-state index contributed by atoms with van der Waals surface area (Å²) in [5, 5.41) is 5.89. The summed E-state index contributed by atoms with van der Waals surface area (Å²) in [5.74, 6) is -0.00902. The minimum atomic E-state index is -0.830. The van der Waals surface area contributed by atoms with E-state index in [0.29, 0.717) is 18.8 Å². The van der Waals surface area contributed by atoms with Crippen LogP contribution in [0.3, 0.4) is 0 Å². The van der Waals surface area contributed by atoms with E-state index < -0.39 is 11.6 Å². The van der Waals surface area contributed by atoms with Crippen molar-refractivity contribution in [2.45, 2.75) is 84.1 Å². The Kier molecular flexibility index (Phi) is 5.84. The highest BCUT2D eigenvalue weighted by atomic mass is 16.2. The van der Waals surface area contributed by atoms with Gasteiger partial charge in [0.25, 0.3) is 5.91 Å². The van der Waals surface area contributed by atoms with Crippen LogP contribution in [0.25, 0.3) is 0 Å². The lowest BCUT2D eigenvalue weighted by molar-refractivity contribution is -0.135. The number of hydrogen-bond acceptors (Lipinski definition) is 3. The molecule has 4 rings (SSSR count). The molecular formula is C25H35N3O3. The van der Waals surface area contributed by atoms with E-state index in [-0.39, 0.29) is 23.8 Å². The van der Waals surface area contributed by atoms with E-state index >= 15 is 0 Å². The van der Waals surface area contributed by atoms with Gasteiger partial charge in [-0.2, -0.15) is 0 Å². The van der Waals surface area contributed by atoms with Crippen molar-refractivity contribution in [1.29, 1.82) is 0 Å². The topological polar surface area (TPSA) is 78.5 Å². The molecule has 0 radical (unpaired) electrons. The zero-order valence-corrected chi connectivity index (χ0v) is 19.1. The SMILES string of the molecule is CCC(C)(C)C1CCC2(CC1)NC(=O)N(CC(=O)Nc1cccc3c1CCCC3)C2=O. The third-order valence-corrected chi connectivity index (χ3v) is 8.07. The number of carbonyl (C=O) groups is 3. The zero-order chi connectivity index (χ0) is 22.2. The number of nitrogens with zero attached hydrogens (tertiary/aromatic N) is 1. The van der Waals surface area contributed by atoms with Gasteiger partial charge in [-0.3, -0.25) is 14.5 Å². The van der Waals surface area contributed by atoms with Gasteiger partial charge in [0.05, 0.1) is 0 Å². The number of nitrogens with one attached hydrogen (secondary N) is 2. The van der Waals surface area contributed by atoms with Gasteiger partial charge in [0.1, 0.15) is 12.1 Å². The predicted octanol–water partition coefficient (Wildman–Crippen LogP) is 4.42. The van der Waals surface area contributed by atoms with Gasteiger partial charge in [0.2, 0.25) is 5.91 Å². The molecule has 31 heavy (non-hydrogen) atoms. The normalized spacial score (nSPS) is 26.0. The van der Waals surface area contributed by atoms with E-state index in [9.17, 15) is 14.4 Å². The number of aryl methyl sites for hydroxylation is 1. The summed E-state index contributed by atoms with van der Waals surface area (Å²) in [5.41, 5.74) is 2.69. The second kappa shape index (κ2) is 8.29. The summed E-state index contributed by atoms with van der Waals surface area (Å²) >= 11 is 0. The predicted molar refractivity (Wildman–Crippen MR) is 121 cm³/mol. The number of benzene rings is 1. The Labute approximate surface area is 185 Å². The third-order valence-electron chi connectivity index (χ3n) is 8.07. The molecule has 1 aromatic rings. The van der Waals surface area contributed by atoms with Gasteiger partial charge in [-0.15, -0.1) is 0 Å². The van der Waals surface area contributed by atoms with Crippen LogP contribution in [0.4, 0.5) is 10.5 Å². The number of amides is 4. The van der Waals surface area contributed by atoms with Crippen LogP contribution in [-0.4, -0.2) is 34.8 Å². The van der Waals surface area contributed by atoms with Crippen molar-refractivity contribution in [3.63, 3.8) is 0 Å². The highest BCUT2D eigenvalue weighted by Gasteiger charge is 2.53. The summed E-state index contributed by atoms with van der Waals surface area (Å²) in [6.07, 6.45) is 8.51. The van der Waals surface area contributed by atoms with Crippen LogP contribution in [0.5, 0.6) is 0 Å². The summed E-state index contributed by atoms with van der Waals surface area (Å²) in [7, 11) is 0. The van der Waals surface area contributed by atoms with E-state index in [1.54, 1.807) is 0 Å². The lowest BCUT2D eigenvalue weighted by atomic mass is 9.65. The van der Waals surface area contributed by atoms with E-state index in [4.69, 9.17) is 0 Å². The van der Waals surface area contributed by atoms with Crippen LogP contribution < -0.4 is 10.6 Å². The fourth-order valence-electron chi connectivity index (χ4n) is 5.57. The number of anilines is 1. The molecule has 3 aliphatic rings. The molecule has 1 aromatic carbocycles. The second-order valence-electron chi connectivity index (χ2n) is 10.2. The number of fused-ring (bicyclic) bond motifs is 1. The van der Waals surface area contributed by atoms with Crippen LogP contribution in [0.2, 0.25) is 0 Å². The van der Waals surface area contributed by atoms with Gasteiger partial charge in [-0.25, -0.2) is 4.79 Å². The van der Waals surface area contributed by atoms with Gasteiger partial charge < -0.3 is 10.6 Å². The molecule has 0 bridgehead atoms. The van der Waals surface area contributed by atoms with Gasteiger partial charge in [0.15, 0.2) is 0 Å². The summed E-state index contributed by atoms with van der Waals surface area (Å²) in [6.45, 7) is 6.53. The van der Waals surface area contributed by atoms with Crippen LogP contribution in [0.1, 0.15) is 76.8 Å². The smallest absolute Gasteiger partial charge is 0.324 e. The Bertz CT molecular complexity index is 884. The fourth-order valence-corrected chi connectivity index (χ4v) is 5.57. The van der Waals surface area contributed by atoms with Crippen molar-refractivity contribution in [1.82, 2.24) is 10.2 Å². The van der Waals surface area contributed by atoms with Crippen LogP contribution >= 0.6 is 0 Å². The highest BCUT2D eigenvalue weighted by molar-refractivity contribution is 6.10. The molecular weight excluding hydrogens is 390 g/mol. The van der Waals surface area contributed by atoms with E-state index in [2.05, 4.69) is 37.5 Å². The minimum Gasteiger partial charge on any atom is -0.324 e. The second-order valence-corrected chi connectivity index (χ2v) is 10.2. The highest BCUT2D eigenvalue weighted by Crippen LogP contribution is 2.45. The van der Waals surface area contributed by atoms with Crippen LogP contribution in [-0.2, 0) is 22.4 Å². The Balaban J connectivity index is 1.41. The lowest BCUT2D eigenvalue weighted by Crippen LogP contribution is -2.51. The van der Waals surface area contributed by atoms with Crippen molar-refractivity contribution in [2.24, 2.45) is 11.3 Å². The lowest BCUT2D eigenvalue weighted by Gasteiger charge is -2.42. The standard InChI is InChI=1S/C25H35N3O3/c1-4-24(2,3)18-12-14-25(15-13-18)22(30)28(23(31)27-25)16-21(29)26-20-11-7-9-17-8-5-6-10-19(17)20/h7,9,11,18H,4-6,8,10,12-16H2,1-3H3,(H,26,29)(H,27,31). The number of rotatable bonds is 5. The molecule has 2 aliphatic carbocycles. The Morgan fingerprint density at radius 3 is 2.61 bits per heavy atom. The number of carbonyl (C=O) groups excluding carboxylic acids is 3. The molecule has 1 spiro atoms. The average Bonchev–Trinajstić information content (AvgIpc) is 2.98. The number of hydrogen-bond donors (Lipinski definition) is 2. The maximum absolute atomic E-state index is 13.2. The van der Waals surface area contributed by atoms with Crippen molar-refractivity contribution in [2.75, 3.05) is 11.9 Å². The molecule has 1 saturated carbocycles. The van der Waals surface area contributed by atoms with E-state index in [1.807, 2.05) is 12.1 Å². The monoisotopic (exact) mass is 425 g/mol. The molecule has 6 heteroatoms. The molecule has 2 fully saturated rings. The first-order valence-electron chi connectivity index (χ1n) is 11.8. The van der Waals surface area contributed by atoms with Crippen molar-refractivity contribution < 1.29 is 14.4 Å². The molecule has 6 nitrogen and oxygen atoms in total. The zero-order valence-electron chi connectivity index (χ0n) is 19.1. The molecule has 0 aromatic heterocycles. The largest absolute Gasteiger partial charge is 0.325 e. The molecule has 1 heterocycles. The summed E-state index contributed by atoms with van der Waals surface area (Å²) in [4.78, 5) is 39.7. The quantitative estimate of drug-likeness (QED) is 0.686. The maximum atomic E-state index is 13.2. The van der Waals surface area contributed by atoms with Crippen LogP contribution in [0, 0.1) is 11.3 Å². The first kappa shape index (κ1) is 21.8. The first-order chi connectivity index (χ1) is 14.8. The van der Waals surface area contributed by atoms with Gasteiger partial charge in [0, 0.05) is 5.69 Å². The van der Waals surface area contributed by atoms with Crippen molar-refractivity contribution in [3.8, 4) is 0 Å². The van der Waals surface area contributed by atoms with E-state index in [0.717, 1.165) is 49.1 Å². The molecule has 0 atom stereocenters. The Morgan fingerprint density at radius 1 is 1.19 bits per heavy atom. The Hall–Kier alpha value is -2.37. The Morgan fingerprint density at radius 2 is 1.90 bits per heavy atom. The summed E-state index contributed by atoms with van der Waals surface area (Å²) in [6, 6.07) is 5.54. The van der Waals surface area contributed by atoms with Gasteiger partial charge in [-0.1, -0.05) is 39.3 Å². The number of urea groups is 1. The van der Waals surface area contributed by atoms with E-state index in [1.165, 1.54) is 17.5 Å². The molecule has 0 unspecified atom stereocenters. The van der Waals surface area contributed by atoms with Gasteiger partial charge >= 0.3 is 6.03 Å². The molecule has 168 valence electrons. The molecule has 1 saturated heterocycles. The number of imide groups is 1. The fraction of sp³-hybridized carbons (Fsp3) is 0.640. The van der Waals surface area contributed by atoms with Crippen molar-refractivity contribution in [3.05, 3.63) is 29.3 Å². The van der Waals surface area contributed by atoms with Crippen molar-refractivity contribution >= 4 is 23.5 Å². The van der Waals surface area contributed by atoms with Gasteiger partial charge in [-0.05, 0) is 79.9 Å². The average molecular weight is 426 g/mol. The minimum absolute atomic E-state index is 0.236. The molecule has 4 amide bonds.